The molecular formula is C11H21N3O. The van der Waals surface area contributed by atoms with Crippen molar-refractivity contribution in [3.63, 3.8) is 0 Å². The van der Waals surface area contributed by atoms with Crippen molar-refractivity contribution in [1.29, 1.82) is 0 Å². The molecule has 0 saturated carbocycles. The van der Waals surface area contributed by atoms with Crippen LogP contribution in [0.1, 0.15) is 32.1 Å². The molecular weight excluding hydrogens is 190 g/mol. The van der Waals surface area contributed by atoms with Crippen LogP contribution in [0.4, 0.5) is 0 Å². The van der Waals surface area contributed by atoms with Gasteiger partial charge in [0.05, 0.1) is 6.54 Å². The maximum Gasteiger partial charge on any atom is 0.231 e. The first-order valence-corrected chi connectivity index (χ1v) is 5.90. The van der Waals surface area contributed by atoms with Gasteiger partial charge in [0.15, 0.2) is 0 Å². The lowest BCUT2D eigenvalue weighted by molar-refractivity contribution is -0.117. The summed E-state index contributed by atoms with van der Waals surface area (Å²) in [6.07, 6.45) is 6.31. The zero-order valence-corrected chi connectivity index (χ0v) is 9.41. The highest BCUT2D eigenvalue weighted by atomic mass is 16.1. The van der Waals surface area contributed by atoms with Gasteiger partial charge in [0.2, 0.25) is 5.91 Å². The van der Waals surface area contributed by atoms with Crippen LogP contribution in [-0.4, -0.2) is 42.5 Å². The minimum absolute atomic E-state index is 0.251. The molecule has 0 spiro atoms. The molecule has 2 bridgehead atoms. The molecule has 2 aliphatic heterocycles. The van der Waals surface area contributed by atoms with E-state index in [9.17, 15) is 4.79 Å². The topological polar surface area (TPSA) is 58.4 Å². The molecule has 2 aliphatic rings. The summed E-state index contributed by atoms with van der Waals surface area (Å²) in [6, 6.07) is 1.91. The summed E-state index contributed by atoms with van der Waals surface area (Å²) in [7, 11) is 2.23. The molecule has 0 aromatic heterocycles. The van der Waals surface area contributed by atoms with E-state index in [4.69, 9.17) is 5.73 Å². The molecule has 3 N–H and O–H groups in total. The van der Waals surface area contributed by atoms with E-state index in [1.807, 2.05) is 0 Å². The lowest BCUT2D eigenvalue weighted by Crippen LogP contribution is -2.55. The quantitative estimate of drug-likeness (QED) is 0.695. The second kappa shape index (κ2) is 4.49. The van der Waals surface area contributed by atoms with Crippen LogP contribution in [0.3, 0.4) is 0 Å². The number of primary amides is 1. The number of hydrogen-bond donors (Lipinski definition) is 2. The molecule has 0 aromatic carbocycles. The monoisotopic (exact) mass is 211 g/mol. The number of nitrogens with two attached hydrogens (primary N) is 1. The zero-order chi connectivity index (χ0) is 10.8. The van der Waals surface area contributed by atoms with Gasteiger partial charge in [-0.3, -0.25) is 4.79 Å². The SMILES string of the molecule is CN1C2CCCC1CC(NCC(N)=O)C2. The average molecular weight is 211 g/mol. The molecule has 86 valence electrons. The second-order valence-electron chi connectivity index (χ2n) is 4.92. The lowest BCUT2D eigenvalue weighted by Gasteiger charge is -2.47. The number of carbonyl (C=O) groups is 1. The van der Waals surface area contributed by atoms with Crippen molar-refractivity contribution in [3.8, 4) is 0 Å². The Balaban J connectivity index is 1.87. The van der Waals surface area contributed by atoms with Gasteiger partial charge in [-0.05, 0) is 32.7 Å². The molecule has 0 aromatic rings. The van der Waals surface area contributed by atoms with Crippen LogP contribution in [0.2, 0.25) is 0 Å². The highest BCUT2D eigenvalue weighted by Crippen LogP contribution is 2.32. The van der Waals surface area contributed by atoms with Crippen LogP contribution >= 0.6 is 0 Å². The molecule has 2 heterocycles. The molecule has 0 aliphatic carbocycles. The van der Waals surface area contributed by atoms with E-state index in [1.165, 1.54) is 32.1 Å². The molecule has 2 atom stereocenters. The first-order valence-electron chi connectivity index (χ1n) is 5.90. The molecule has 0 radical (unpaired) electrons. The number of rotatable bonds is 3. The van der Waals surface area contributed by atoms with Gasteiger partial charge in [-0.15, -0.1) is 0 Å². The molecule has 4 heteroatoms. The number of nitrogens with zero attached hydrogens (tertiary/aromatic N) is 1. The van der Waals surface area contributed by atoms with Gasteiger partial charge in [-0.2, -0.15) is 0 Å². The summed E-state index contributed by atoms with van der Waals surface area (Å²) in [4.78, 5) is 13.2. The van der Waals surface area contributed by atoms with Crippen molar-refractivity contribution in [1.82, 2.24) is 10.2 Å². The zero-order valence-electron chi connectivity index (χ0n) is 9.41. The molecule has 1 amide bonds. The summed E-state index contributed by atoms with van der Waals surface area (Å²) in [5, 5.41) is 3.27. The largest absolute Gasteiger partial charge is 0.369 e. The predicted octanol–water partition coefficient (Wildman–Crippen LogP) is 0.0766. The molecule has 2 fully saturated rings. The van der Waals surface area contributed by atoms with E-state index in [-0.39, 0.29) is 5.91 Å². The summed E-state index contributed by atoms with van der Waals surface area (Å²) in [5.41, 5.74) is 5.14. The van der Waals surface area contributed by atoms with Gasteiger partial charge in [0.25, 0.3) is 0 Å². The van der Waals surface area contributed by atoms with Crippen LogP contribution in [0.25, 0.3) is 0 Å². The molecule has 2 unspecified atom stereocenters. The van der Waals surface area contributed by atoms with Gasteiger partial charge in [0.1, 0.15) is 0 Å². The summed E-state index contributed by atoms with van der Waals surface area (Å²) in [6.45, 7) is 0.327. The van der Waals surface area contributed by atoms with Crippen LogP contribution in [0, 0.1) is 0 Å². The Morgan fingerprint density at radius 1 is 1.40 bits per heavy atom. The van der Waals surface area contributed by atoms with E-state index >= 15 is 0 Å². The molecule has 2 saturated heterocycles. The Morgan fingerprint density at radius 2 is 2.00 bits per heavy atom. The summed E-state index contributed by atoms with van der Waals surface area (Å²) >= 11 is 0. The minimum atomic E-state index is -0.251. The average Bonchev–Trinajstić information content (AvgIpc) is 2.15. The molecule has 4 nitrogen and oxygen atoms in total. The van der Waals surface area contributed by atoms with E-state index in [0.717, 1.165) is 0 Å². The van der Waals surface area contributed by atoms with E-state index in [1.54, 1.807) is 0 Å². The van der Waals surface area contributed by atoms with Crippen molar-refractivity contribution < 1.29 is 4.79 Å². The van der Waals surface area contributed by atoms with Gasteiger partial charge in [-0.1, -0.05) is 6.42 Å². The maximum atomic E-state index is 10.7. The van der Waals surface area contributed by atoms with Crippen molar-refractivity contribution >= 4 is 5.91 Å². The number of hydrogen-bond acceptors (Lipinski definition) is 3. The van der Waals surface area contributed by atoms with E-state index < -0.39 is 0 Å². The Bertz CT molecular complexity index is 230. The van der Waals surface area contributed by atoms with Gasteiger partial charge < -0.3 is 16.0 Å². The third-order valence-electron chi connectivity index (χ3n) is 3.90. The Morgan fingerprint density at radius 3 is 2.53 bits per heavy atom. The summed E-state index contributed by atoms with van der Waals surface area (Å²) in [5.74, 6) is -0.251. The third kappa shape index (κ3) is 2.49. The van der Waals surface area contributed by atoms with Crippen molar-refractivity contribution in [2.24, 2.45) is 5.73 Å². The minimum Gasteiger partial charge on any atom is -0.369 e. The normalized spacial score (nSPS) is 36.5. The first-order chi connectivity index (χ1) is 7.16. The number of amides is 1. The first kappa shape index (κ1) is 10.9. The van der Waals surface area contributed by atoms with Crippen molar-refractivity contribution in [3.05, 3.63) is 0 Å². The predicted molar refractivity (Wildman–Crippen MR) is 59.4 cm³/mol. The van der Waals surface area contributed by atoms with Gasteiger partial charge in [-0.25, -0.2) is 0 Å². The van der Waals surface area contributed by atoms with Gasteiger partial charge >= 0.3 is 0 Å². The van der Waals surface area contributed by atoms with Crippen molar-refractivity contribution in [2.75, 3.05) is 13.6 Å². The van der Waals surface area contributed by atoms with Gasteiger partial charge in [0, 0.05) is 18.1 Å². The number of nitrogens with one attached hydrogen (secondary N) is 1. The number of carbonyl (C=O) groups excluding carboxylic acids is 1. The van der Waals surface area contributed by atoms with Crippen LogP contribution in [0.15, 0.2) is 0 Å². The molecule has 15 heavy (non-hydrogen) atoms. The number of piperidine rings is 2. The Kier molecular flexibility index (Phi) is 3.26. The fraction of sp³-hybridized carbons (Fsp3) is 0.909. The number of fused-ring (bicyclic) bond motifs is 2. The second-order valence-corrected chi connectivity index (χ2v) is 4.92. The van der Waals surface area contributed by atoms with E-state index in [0.29, 0.717) is 24.7 Å². The highest BCUT2D eigenvalue weighted by Gasteiger charge is 2.35. The standard InChI is InChI=1S/C11H21N3O/c1-14-9-3-2-4-10(14)6-8(5-9)13-7-11(12)15/h8-10,13H,2-7H2,1H3,(H2,12,15). The lowest BCUT2D eigenvalue weighted by atomic mass is 9.82. The van der Waals surface area contributed by atoms with E-state index in [2.05, 4.69) is 17.3 Å². The van der Waals surface area contributed by atoms with Crippen LogP contribution in [0.5, 0.6) is 0 Å². The highest BCUT2D eigenvalue weighted by molar-refractivity contribution is 5.75. The molecule has 2 rings (SSSR count). The fourth-order valence-electron chi connectivity index (χ4n) is 3.03. The van der Waals surface area contributed by atoms with Crippen LogP contribution < -0.4 is 11.1 Å². The van der Waals surface area contributed by atoms with Crippen LogP contribution in [-0.2, 0) is 4.79 Å². The third-order valence-corrected chi connectivity index (χ3v) is 3.90. The Labute approximate surface area is 91.2 Å². The van der Waals surface area contributed by atoms with Crippen molar-refractivity contribution in [2.45, 2.75) is 50.2 Å². The Hall–Kier alpha value is -0.610. The summed E-state index contributed by atoms with van der Waals surface area (Å²) < 4.78 is 0. The smallest absolute Gasteiger partial charge is 0.231 e. The maximum absolute atomic E-state index is 10.7. The fourth-order valence-corrected chi connectivity index (χ4v) is 3.03.